The first-order valence-electron chi connectivity index (χ1n) is 5.43. The van der Waals surface area contributed by atoms with Gasteiger partial charge in [-0.1, -0.05) is 19.8 Å². The van der Waals surface area contributed by atoms with Crippen molar-refractivity contribution in [3.05, 3.63) is 0 Å². The number of nitrogens with zero attached hydrogens (tertiary/aromatic N) is 1. The van der Waals surface area contributed by atoms with Crippen LogP contribution < -0.4 is 5.73 Å². The highest BCUT2D eigenvalue weighted by atomic mass is 35.5. The van der Waals surface area contributed by atoms with E-state index in [0.717, 1.165) is 0 Å². The van der Waals surface area contributed by atoms with Crippen LogP contribution in [0.5, 0.6) is 0 Å². The largest absolute Gasteiger partial charge is 0.480 e. The molecule has 0 radical (unpaired) electrons. The Hall–Kier alpha value is -1.41. The van der Waals surface area contributed by atoms with Crippen molar-refractivity contribution in [3.8, 4) is 12.0 Å². The molecule has 2 atom stereocenters. The van der Waals surface area contributed by atoms with Crippen LogP contribution in [-0.2, 0) is 9.59 Å². The Bertz CT molecular complexity index is 335. The van der Waals surface area contributed by atoms with Crippen LogP contribution in [0.3, 0.4) is 0 Å². The van der Waals surface area contributed by atoms with E-state index in [1.165, 1.54) is 4.90 Å². The molecule has 96 valence electrons. The molecule has 1 amide bonds. The lowest BCUT2D eigenvalue weighted by atomic mass is 10.2. The number of likely N-dealkylation sites (tertiary alicyclic amines) is 1. The number of halogens is 1. The molecule has 0 aromatic rings. The fourth-order valence-electron chi connectivity index (χ4n) is 1.71. The average molecular weight is 261 g/mol. The van der Waals surface area contributed by atoms with Gasteiger partial charge in [0.05, 0.1) is 6.04 Å². The van der Waals surface area contributed by atoms with E-state index in [1.807, 2.05) is 13.8 Å². The Morgan fingerprint density at radius 2 is 2.06 bits per heavy atom. The Labute approximate surface area is 106 Å². The van der Waals surface area contributed by atoms with Gasteiger partial charge < -0.3 is 15.7 Å². The molecule has 0 bridgehead atoms. The van der Waals surface area contributed by atoms with Crippen molar-refractivity contribution < 1.29 is 14.7 Å². The molecule has 5 nitrogen and oxygen atoms in total. The first-order valence-corrected chi connectivity index (χ1v) is 5.96. The standard InChI is InChI=1S/C9H11ClN2O3.C2H6/c10-5-8(13)12-6(3-4-11)1-2-7(12)9(14)15;1-2/h6-7H,1-2,5,11H2,(H,14,15);1-2H3. The minimum Gasteiger partial charge on any atom is -0.480 e. The predicted octanol–water partition coefficient (Wildman–Crippen LogP) is 0.615. The zero-order valence-electron chi connectivity index (χ0n) is 9.94. The van der Waals surface area contributed by atoms with E-state index in [4.69, 9.17) is 22.4 Å². The molecule has 0 aromatic carbocycles. The quantitative estimate of drug-likeness (QED) is 0.433. The monoisotopic (exact) mass is 260 g/mol. The lowest BCUT2D eigenvalue weighted by Crippen LogP contribution is -2.45. The zero-order valence-corrected chi connectivity index (χ0v) is 10.7. The van der Waals surface area contributed by atoms with Crippen molar-refractivity contribution >= 4 is 23.5 Å². The average Bonchev–Trinajstić information content (AvgIpc) is 2.75. The van der Waals surface area contributed by atoms with Crippen molar-refractivity contribution in [2.45, 2.75) is 38.8 Å². The van der Waals surface area contributed by atoms with Gasteiger partial charge in [-0.05, 0) is 12.8 Å². The first-order chi connectivity index (χ1) is 8.11. The third-order valence-corrected chi connectivity index (χ3v) is 2.55. The van der Waals surface area contributed by atoms with E-state index in [-0.39, 0.29) is 5.88 Å². The van der Waals surface area contributed by atoms with Crippen LogP contribution in [-0.4, -0.2) is 39.8 Å². The Balaban J connectivity index is 0.00000121. The molecule has 1 aliphatic heterocycles. The van der Waals surface area contributed by atoms with E-state index >= 15 is 0 Å². The van der Waals surface area contributed by atoms with E-state index < -0.39 is 24.0 Å². The van der Waals surface area contributed by atoms with Crippen molar-refractivity contribution in [2.75, 3.05) is 5.88 Å². The minimum atomic E-state index is -1.03. The first kappa shape index (κ1) is 15.6. The van der Waals surface area contributed by atoms with Crippen LogP contribution in [0.15, 0.2) is 0 Å². The normalized spacial score (nSPS) is 21.9. The zero-order chi connectivity index (χ0) is 13.4. The van der Waals surface area contributed by atoms with Crippen LogP contribution in [0.1, 0.15) is 26.7 Å². The van der Waals surface area contributed by atoms with Crippen LogP contribution in [0, 0.1) is 12.0 Å². The Kier molecular flexibility index (Phi) is 7.15. The SMILES string of the molecule is CC.NC#CC1CCC(C(=O)O)N1C(=O)CCl. The third kappa shape index (κ3) is 3.82. The highest BCUT2D eigenvalue weighted by Crippen LogP contribution is 2.24. The summed E-state index contributed by atoms with van der Waals surface area (Å²) in [4.78, 5) is 23.5. The highest BCUT2D eigenvalue weighted by Gasteiger charge is 2.39. The van der Waals surface area contributed by atoms with E-state index in [2.05, 4.69) is 12.0 Å². The summed E-state index contributed by atoms with van der Waals surface area (Å²) in [5.41, 5.74) is 5.05. The molecule has 0 aliphatic carbocycles. The number of hydrogen-bond donors (Lipinski definition) is 2. The lowest BCUT2D eigenvalue weighted by Gasteiger charge is -2.24. The summed E-state index contributed by atoms with van der Waals surface area (Å²) < 4.78 is 0. The molecule has 1 rings (SSSR count). The molecule has 1 fully saturated rings. The van der Waals surface area contributed by atoms with Gasteiger partial charge in [-0.2, -0.15) is 0 Å². The maximum absolute atomic E-state index is 11.4. The molecule has 17 heavy (non-hydrogen) atoms. The van der Waals surface area contributed by atoms with Gasteiger partial charge in [0.25, 0.3) is 0 Å². The molecule has 0 saturated carbocycles. The summed E-state index contributed by atoms with van der Waals surface area (Å²) in [6, 6.07) is 0.938. The summed E-state index contributed by atoms with van der Waals surface area (Å²) in [5.74, 6) is 0.907. The topological polar surface area (TPSA) is 83.6 Å². The van der Waals surface area contributed by atoms with Crippen molar-refractivity contribution in [1.82, 2.24) is 4.90 Å². The Morgan fingerprint density at radius 3 is 2.47 bits per heavy atom. The third-order valence-electron chi connectivity index (χ3n) is 2.32. The van der Waals surface area contributed by atoms with Gasteiger partial charge in [0.2, 0.25) is 5.91 Å². The van der Waals surface area contributed by atoms with Crippen molar-refractivity contribution in [2.24, 2.45) is 5.73 Å². The number of hydrogen-bond acceptors (Lipinski definition) is 3. The number of alkyl halides is 1. The fraction of sp³-hybridized carbons (Fsp3) is 0.636. The Morgan fingerprint density at radius 1 is 1.47 bits per heavy atom. The van der Waals surface area contributed by atoms with Gasteiger partial charge in [-0.3, -0.25) is 4.79 Å². The van der Waals surface area contributed by atoms with Gasteiger partial charge in [-0.25, -0.2) is 4.79 Å². The predicted molar refractivity (Wildman–Crippen MR) is 65.3 cm³/mol. The van der Waals surface area contributed by atoms with Gasteiger partial charge in [0.1, 0.15) is 11.9 Å². The van der Waals surface area contributed by atoms with Gasteiger partial charge in [0.15, 0.2) is 0 Å². The summed E-state index contributed by atoms with van der Waals surface area (Å²) in [6.07, 6.45) is 0.904. The highest BCUT2D eigenvalue weighted by molar-refractivity contribution is 6.27. The maximum Gasteiger partial charge on any atom is 0.326 e. The van der Waals surface area contributed by atoms with E-state index in [9.17, 15) is 9.59 Å². The molecule has 1 saturated heterocycles. The van der Waals surface area contributed by atoms with Crippen LogP contribution in [0.25, 0.3) is 0 Å². The van der Waals surface area contributed by atoms with Crippen molar-refractivity contribution in [1.29, 1.82) is 0 Å². The molecule has 1 aliphatic rings. The van der Waals surface area contributed by atoms with Crippen LogP contribution >= 0.6 is 11.6 Å². The molecule has 3 N–H and O–H groups in total. The molecular formula is C11H17ClN2O3. The summed E-state index contributed by atoms with van der Waals surface area (Å²) >= 11 is 5.40. The number of amides is 1. The number of aliphatic carboxylic acids is 1. The second-order valence-corrected chi connectivity index (χ2v) is 3.44. The molecular weight excluding hydrogens is 244 g/mol. The lowest BCUT2D eigenvalue weighted by molar-refractivity contribution is -0.148. The van der Waals surface area contributed by atoms with Gasteiger partial charge >= 0.3 is 5.97 Å². The maximum atomic E-state index is 11.4. The number of carbonyl (C=O) groups is 2. The smallest absolute Gasteiger partial charge is 0.326 e. The number of carboxylic acid groups (broad SMARTS) is 1. The van der Waals surface area contributed by atoms with E-state index in [0.29, 0.717) is 12.8 Å². The van der Waals surface area contributed by atoms with Crippen molar-refractivity contribution in [3.63, 3.8) is 0 Å². The fourth-order valence-corrected chi connectivity index (χ4v) is 1.85. The molecule has 1 heterocycles. The second kappa shape index (κ2) is 7.80. The minimum absolute atomic E-state index is 0.244. The number of rotatable bonds is 2. The van der Waals surface area contributed by atoms with Gasteiger partial charge in [-0.15, -0.1) is 11.6 Å². The molecule has 0 aromatic heterocycles. The second-order valence-electron chi connectivity index (χ2n) is 3.17. The number of carboxylic acids is 1. The van der Waals surface area contributed by atoms with Gasteiger partial charge in [0, 0.05) is 6.04 Å². The van der Waals surface area contributed by atoms with E-state index in [1.54, 1.807) is 0 Å². The molecule has 2 unspecified atom stereocenters. The summed E-state index contributed by atoms with van der Waals surface area (Å²) in [6.45, 7) is 4.00. The molecule has 0 spiro atoms. The number of nitrogens with two attached hydrogens (primary N) is 1. The van der Waals surface area contributed by atoms with Crippen LogP contribution in [0.2, 0.25) is 0 Å². The summed E-state index contributed by atoms with van der Waals surface area (Å²) in [7, 11) is 0. The summed E-state index contributed by atoms with van der Waals surface area (Å²) in [5, 5.41) is 8.90. The number of carbonyl (C=O) groups excluding carboxylic acids is 1. The van der Waals surface area contributed by atoms with Crippen LogP contribution in [0.4, 0.5) is 0 Å². The molecule has 6 heteroatoms.